The van der Waals surface area contributed by atoms with Gasteiger partial charge in [0.15, 0.2) is 0 Å². The summed E-state index contributed by atoms with van der Waals surface area (Å²) in [7, 11) is 0. The first kappa shape index (κ1) is 13.5. The Morgan fingerprint density at radius 1 is 1.38 bits per heavy atom. The summed E-state index contributed by atoms with van der Waals surface area (Å²) in [6.07, 6.45) is 6.25. The molecule has 0 saturated carbocycles. The summed E-state index contributed by atoms with van der Waals surface area (Å²) in [4.78, 5) is 11.4. The van der Waals surface area contributed by atoms with Crippen molar-refractivity contribution in [2.24, 2.45) is 5.92 Å². The van der Waals surface area contributed by atoms with Gasteiger partial charge in [-0.3, -0.25) is 4.79 Å². The lowest BCUT2D eigenvalue weighted by molar-refractivity contribution is -0.144. The first-order valence-corrected chi connectivity index (χ1v) is 6.55. The molecule has 1 fully saturated rings. The standard InChI is InChI=1S/C13H24O3/c1-3-5-9-15-13(14)8-7-11(6-4-2)12-10-16-12/h11-12H,3-10H2,1-2H3. The Bertz CT molecular complexity index is 199. The number of unbranched alkanes of at least 4 members (excludes halogenated alkanes) is 1. The largest absolute Gasteiger partial charge is 0.466 e. The zero-order valence-corrected chi connectivity index (χ0v) is 10.5. The molecule has 2 unspecified atom stereocenters. The van der Waals surface area contributed by atoms with Crippen molar-refractivity contribution in [3.63, 3.8) is 0 Å². The maximum absolute atomic E-state index is 11.4. The lowest BCUT2D eigenvalue weighted by Crippen LogP contribution is -2.13. The number of esters is 1. The molecule has 3 heteroatoms. The molecule has 0 amide bonds. The van der Waals surface area contributed by atoms with Crippen molar-refractivity contribution in [2.75, 3.05) is 13.2 Å². The van der Waals surface area contributed by atoms with Crippen molar-refractivity contribution in [3.05, 3.63) is 0 Å². The van der Waals surface area contributed by atoms with Gasteiger partial charge in [0, 0.05) is 6.42 Å². The van der Waals surface area contributed by atoms with Gasteiger partial charge in [0.2, 0.25) is 0 Å². The van der Waals surface area contributed by atoms with Crippen molar-refractivity contribution in [1.82, 2.24) is 0 Å². The van der Waals surface area contributed by atoms with Crippen LogP contribution >= 0.6 is 0 Å². The van der Waals surface area contributed by atoms with E-state index in [0.717, 1.165) is 38.7 Å². The van der Waals surface area contributed by atoms with Crippen molar-refractivity contribution in [3.8, 4) is 0 Å². The zero-order valence-electron chi connectivity index (χ0n) is 10.5. The van der Waals surface area contributed by atoms with E-state index in [1.165, 1.54) is 0 Å². The van der Waals surface area contributed by atoms with Gasteiger partial charge in [-0.15, -0.1) is 0 Å². The van der Waals surface area contributed by atoms with Crippen molar-refractivity contribution in [2.45, 2.75) is 58.5 Å². The van der Waals surface area contributed by atoms with Gasteiger partial charge in [0.05, 0.1) is 19.3 Å². The Hall–Kier alpha value is -0.570. The van der Waals surface area contributed by atoms with Crippen LogP contribution in [0.3, 0.4) is 0 Å². The summed E-state index contributed by atoms with van der Waals surface area (Å²) in [6.45, 7) is 5.73. The summed E-state index contributed by atoms with van der Waals surface area (Å²) in [5, 5.41) is 0. The van der Waals surface area contributed by atoms with Crippen LogP contribution in [0.15, 0.2) is 0 Å². The lowest BCUT2D eigenvalue weighted by atomic mass is 9.95. The summed E-state index contributed by atoms with van der Waals surface area (Å²) >= 11 is 0. The minimum absolute atomic E-state index is 0.0461. The van der Waals surface area contributed by atoms with E-state index in [9.17, 15) is 4.79 Å². The highest BCUT2D eigenvalue weighted by molar-refractivity contribution is 5.69. The molecule has 2 atom stereocenters. The van der Waals surface area contributed by atoms with Crippen LogP contribution in [-0.4, -0.2) is 25.3 Å². The highest BCUT2D eigenvalue weighted by Crippen LogP contribution is 2.28. The summed E-state index contributed by atoms with van der Waals surface area (Å²) in [5.41, 5.74) is 0. The summed E-state index contributed by atoms with van der Waals surface area (Å²) in [6, 6.07) is 0. The van der Waals surface area contributed by atoms with Crippen LogP contribution in [0.4, 0.5) is 0 Å². The number of epoxide rings is 1. The lowest BCUT2D eigenvalue weighted by Gasteiger charge is -2.12. The van der Waals surface area contributed by atoms with Gasteiger partial charge < -0.3 is 9.47 Å². The second-order valence-corrected chi connectivity index (χ2v) is 4.53. The van der Waals surface area contributed by atoms with Crippen LogP contribution in [0.1, 0.15) is 52.4 Å². The minimum Gasteiger partial charge on any atom is -0.466 e. The van der Waals surface area contributed by atoms with Crippen molar-refractivity contribution >= 4 is 5.97 Å². The van der Waals surface area contributed by atoms with E-state index in [0.29, 0.717) is 25.0 Å². The first-order chi connectivity index (χ1) is 7.77. The Morgan fingerprint density at radius 3 is 2.69 bits per heavy atom. The molecular weight excluding hydrogens is 204 g/mol. The van der Waals surface area contributed by atoms with Crippen molar-refractivity contribution in [1.29, 1.82) is 0 Å². The fourth-order valence-electron chi connectivity index (χ4n) is 1.92. The Labute approximate surface area is 98.5 Å². The van der Waals surface area contributed by atoms with Crippen LogP contribution in [0.25, 0.3) is 0 Å². The van der Waals surface area contributed by atoms with Crippen LogP contribution in [-0.2, 0) is 14.3 Å². The number of ether oxygens (including phenoxy) is 2. The number of carbonyl (C=O) groups is 1. The van der Waals surface area contributed by atoms with E-state index in [1.54, 1.807) is 0 Å². The molecule has 16 heavy (non-hydrogen) atoms. The van der Waals surface area contributed by atoms with Gasteiger partial charge in [0.25, 0.3) is 0 Å². The maximum atomic E-state index is 11.4. The molecule has 0 aliphatic carbocycles. The average Bonchev–Trinajstić information content (AvgIpc) is 3.08. The highest BCUT2D eigenvalue weighted by atomic mass is 16.6. The smallest absolute Gasteiger partial charge is 0.305 e. The van der Waals surface area contributed by atoms with Crippen LogP contribution < -0.4 is 0 Å². The molecule has 0 aromatic carbocycles. The van der Waals surface area contributed by atoms with Crippen LogP contribution in [0.2, 0.25) is 0 Å². The SMILES string of the molecule is CCCCOC(=O)CCC(CCC)C1CO1. The monoisotopic (exact) mass is 228 g/mol. The van der Waals surface area contributed by atoms with Crippen LogP contribution in [0.5, 0.6) is 0 Å². The highest BCUT2D eigenvalue weighted by Gasteiger charge is 2.32. The molecule has 1 aliphatic heterocycles. The Balaban J connectivity index is 2.08. The fraction of sp³-hybridized carbons (Fsp3) is 0.923. The predicted octanol–water partition coefficient (Wildman–Crippen LogP) is 2.93. The molecule has 0 aromatic rings. The topological polar surface area (TPSA) is 38.8 Å². The normalized spacial score (nSPS) is 20.5. The predicted molar refractivity (Wildman–Crippen MR) is 63.2 cm³/mol. The van der Waals surface area contributed by atoms with Gasteiger partial charge >= 0.3 is 5.97 Å². The van der Waals surface area contributed by atoms with E-state index < -0.39 is 0 Å². The third-order valence-electron chi connectivity index (χ3n) is 3.02. The molecule has 1 heterocycles. The molecule has 94 valence electrons. The van der Waals surface area contributed by atoms with Crippen LogP contribution in [0, 0.1) is 5.92 Å². The van der Waals surface area contributed by atoms with Gasteiger partial charge in [-0.25, -0.2) is 0 Å². The molecule has 1 aliphatic rings. The molecule has 1 rings (SSSR count). The van der Waals surface area contributed by atoms with Gasteiger partial charge in [-0.05, 0) is 25.2 Å². The number of carbonyl (C=O) groups excluding carboxylic acids is 1. The van der Waals surface area contributed by atoms with Gasteiger partial charge in [-0.2, -0.15) is 0 Å². The Morgan fingerprint density at radius 2 is 2.12 bits per heavy atom. The Kier molecular flexibility index (Phi) is 6.46. The fourth-order valence-corrected chi connectivity index (χ4v) is 1.92. The van der Waals surface area contributed by atoms with E-state index in [1.807, 2.05) is 0 Å². The summed E-state index contributed by atoms with van der Waals surface area (Å²) in [5.74, 6) is 0.513. The molecule has 0 radical (unpaired) electrons. The first-order valence-electron chi connectivity index (χ1n) is 6.55. The number of hydrogen-bond donors (Lipinski definition) is 0. The second-order valence-electron chi connectivity index (χ2n) is 4.53. The third kappa shape index (κ3) is 5.50. The van der Waals surface area contributed by atoms with E-state index in [4.69, 9.17) is 9.47 Å². The van der Waals surface area contributed by atoms with Gasteiger partial charge in [-0.1, -0.05) is 26.7 Å². The van der Waals surface area contributed by atoms with E-state index in [-0.39, 0.29) is 5.97 Å². The van der Waals surface area contributed by atoms with E-state index in [2.05, 4.69) is 13.8 Å². The van der Waals surface area contributed by atoms with Crippen molar-refractivity contribution < 1.29 is 14.3 Å². The second kappa shape index (κ2) is 7.66. The van der Waals surface area contributed by atoms with Gasteiger partial charge in [0.1, 0.15) is 0 Å². The zero-order chi connectivity index (χ0) is 11.8. The molecule has 0 bridgehead atoms. The molecule has 0 spiro atoms. The molecule has 1 saturated heterocycles. The molecule has 0 aromatic heterocycles. The number of hydrogen-bond acceptors (Lipinski definition) is 3. The third-order valence-corrected chi connectivity index (χ3v) is 3.02. The quantitative estimate of drug-likeness (QED) is 0.346. The molecule has 0 N–H and O–H groups in total. The molecular formula is C13H24O3. The maximum Gasteiger partial charge on any atom is 0.305 e. The minimum atomic E-state index is -0.0461. The van der Waals surface area contributed by atoms with E-state index >= 15 is 0 Å². The summed E-state index contributed by atoms with van der Waals surface area (Å²) < 4.78 is 10.4. The average molecular weight is 228 g/mol. The molecule has 3 nitrogen and oxygen atoms in total. The number of rotatable bonds is 9.